The molecule has 1 aromatic carbocycles. The third-order valence-corrected chi connectivity index (χ3v) is 4.10. The van der Waals surface area contributed by atoms with Gasteiger partial charge in [0.25, 0.3) is 0 Å². The highest BCUT2D eigenvalue weighted by atomic mass is 32.1. The zero-order chi connectivity index (χ0) is 12.5. The standard InChI is InChI=1S/C15H21NS/c1-15(2,3)9-8-13(16)12-10-17-14-7-5-4-6-11(12)14/h4-7,10,13H,8-9,16H2,1-3H3. The molecule has 0 saturated heterocycles. The Morgan fingerprint density at radius 3 is 2.65 bits per heavy atom. The van der Waals surface area contributed by atoms with Crippen LogP contribution >= 0.6 is 11.3 Å². The van der Waals surface area contributed by atoms with Crippen molar-refractivity contribution in [3.8, 4) is 0 Å². The second-order valence-electron chi connectivity index (χ2n) is 5.89. The lowest BCUT2D eigenvalue weighted by Crippen LogP contribution is -2.14. The highest BCUT2D eigenvalue weighted by Gasteiger charge is 2.16. The number of hydrogen-bond donors (Lipinski definition) is 1. The molecule has 1 unspecified atom stereocenters. The third kappa shape index (κ3) is 3.08. The van der Waals surface area contributed by atoms with Gasteiger partial charge in [-0.05, 0) is 40.7 Å². The average molecular weight is 247 g/mol. The van der Waals surface area contributed by atoms with Gasteiger partial charge in [-0.15, -0.1) is 11.3 Å². The van der Waals surface area contributed by atoms with Crippen molar-refractivity contribution in [3.63, 3.8) is 0 Å². The molecule has 0 bridgehead atoms. The molecule has 0 aliphatic heterocycles. The van der Waals surface area contributed by atoms with E-state index in [0.717, 1.165) is 6.42 Å². The van der Waals surface area contributed by atoms with E-state index in [-0.39, 0.29) is 6.04 Å². The summed E-state index contributed by atoms with van der Waals surface area (Å²) < 4.78 is 1.34. The lowest BCUT2D eigenvalue weighted by molar-refractivity contribution is 0.350. The van der Waals surface area contributed by atoms with Crippen molar-refractivity contribution in [3.05, 3.63) is 35.2 Å². The molecule has 0 aliphatic rings. The molecule has 1 atom stereocenters. The van der Waals surface area contributed by atoms with Crippen LogP contribution in [0, 0.1) is 5.41 Å². The molecule has 2 rings (SSSR count). The van der Waals surface area contributed by atoms with E-state index in [1.54, 1.807) is 11.3 Å². The fraction of sp³-hybridized carbons (Fsp3) is 0.467. The van der Waals surface area contributed by atoms with Gasteiger partial charge in [0, 0.05) is 10.7 Å². The van der Waals surface area contributed by atoms with E-state index >= 15 is 0 Å². The molecule has 0 aliphatic carbocycles. The van der Waals surface area contributed by atoms with E-state index in [9.17, 15) is 0 Å². The summed E-state index contributed by atoms with van der Waals surface area (Å²) in [5.41, 5.74) is 8.00. The molecule has 17 heavy (non-hydrogen) atoms. The fourth-order valence-corrected chi connectivity index (χ4v) is 3.06. The van der Waals surface area contributed by atoms with E-state index in [1.807, 2.05) is 0 Å². The molecular formula is C15H21NS. The van der Waals surface area contributed by atoms with E-state index in [2.05, 4.69) is 50.4 Å². The Labute approximate surface area is 108 Å². The summed E-state index contributed by atoms with van der Waals surface area (Å²) in [4.78, 5) is 0. The normalized spacial score (nSPS) is 14.1. The lowest BCUT2D eigenvalue weighted by Gasteiger charge is -2.20. The van der Waals surface area contributed by atoms with Gasteiger partial charge in [0.15, 0.2) is 0 Å². The molecule has 2 aromatic rings. The minimum atomic E-state index is 0.172. The van der Waals surface area contributed by atoms with Crippen LogP contribution in [-0.4, -0.2) is 0 Å². The van der Waals surface area contributed by atoms with Gasteiger partial charge in [-0.1, -0.05) is 39.0 Å². The van der Waals surface area contributed by atoms with Crippen molar-refractivity contribution in [2.24, 2.45) is 11.1 Å². The first-order chi connectivity index (χ1) is 7.97. The second-order valence-corrected chi connectivity index (χ2v) is 6.80. The number of hydrogen-bond acceptors (Lipinski definition) is 2. The highest BCUT2D eigenvalue weighted by Crippen LogP contribution is 2.33. The van der Waals surface area contributed by atoms with Gasteiger partial charge < -0.3 is 5.73 Å². The fourth-order valence-electron chi connectivity index (χ4n) is 2.03. The van der Waals surface area contributed by atoms with Crippen molar-refractivity contribution >= 4 is 21.4 Å². The predicted octanol–water partition coefficient (Wildman–Crippen LogP) is 4.73. The summed E-state index contributed by atoms with van der Waals surface area (Å²) in [7, 11) is 0. The van der Waals surface area contributed by atoms with Gasteiger partial charge in [0.1, 0.15) is 0 Å². The predicted molar refractivity (Wildman–Crippen MR) is 77.4 cm³/mol. The van der Waals surface area contributed by atoms with Gasteiger partial charge in [0.05, 0.1) is 0 Å². The maximum atomic E-state index is 6.32. The van der Waals surface area contributed by atoms with Gasteiger partial charge in [-0.2, -0.15) is 0 Å². The highest BCUT2D eigenvalue weighted by molar-refractivity contribution is 7.17. The number of rotatable bonds is 3. The quantitative estimate of drug-likeness (QED) is 0.834. The molecule has 2 heteroatoms. The van der Waals surface area contributed by atoms with E-state index in [0.29, 0.717) is 5.41 Å². The monoisotopic (exact) mass is 247 g/mol. The molecule has 1 heterocycles. The van der Waals surface area contributed by atoms with Crippen molar-refractivity contribution in [2.45, 2.75) is 39.7 Å². The Bertz CT molecular complexity index is 493. The largest absolute Gasteiger partial charge is 0.324 e. The Morgan fingerprint density at radius 1 is 1.24 bits per heavy atom. The number of nitrogens with two attached hydrogens (primary N) is 1. The molecule has 92 valence electrons. The van der Waals surface area contributed by atoms with Crippen LogP contribution in [-0.2, 0) is 0 Å². The minimum Gasteiger partial charge on any atom is -0.324 e. The molecular weight excluding hydrogens is 226 g/mol. The molecule has 1 aromatic heterocycles. The number of fused-ring (bicyclic) bond motifs is 1. The number of thiophene rings is 1. The lowest BCUT2D eigenvalue weighted by atomic mass is 9.87. The summed E-state index contributed by atoms with van der Waals surface area (Å²) in [6.07, 6.45) is 2.22. The Balaban J connectivity index is 2.16. The van der Waals surface area contributed by atoms with Crippen molar-refractivity contribution in [1.29, 1.82) is 0 Å². The zero-order valence-electron chi connectivity index (χ0n) is 10.9. The minimum absolute atomic E-state index is 0.172. The average Bonchev–Trinajstić information content (AvgIpc) is 2.68. The first kappa shape index (κ1) is 12.6. The van der Waals surface area contributed by atoms with Crippen LogP contribution in [0.5, 0.6) is 0 Å². The van der Waals surface area contributed by atoms with E-state index in [4.69, 9.17) is 5.73 Å². The molecule has 0 saturated carbocycles. The maximum absolute atomic E-state index is 6.32. The van der Waals surface area contributed by atoms with Gasteiger partial charge in [-0.25, -0.2) is 0 Å². The van der Waals surface area contributed by atoms with Crippen LogP contribution in [0.4, 0.5) is 0 Å². The van der Waals surface area contributed by atoms with Crippen LogP contribution in [0.3, 0.4) is 0 Å². The summed E-state index contributed by atoms with van der Waals surface area (Å²) in [6.45, 7) is 6.81. The summed E-state index contributed by atoms with van der Waals surface area (Å²) in [5, 5.41) is 3.55. The smallest absolute Gasteiger partial charge is 0.0346 e. The van der Waals surface area contributed by atoms with Gasteiger partial charge in [0.2, 0.25) is 0 Å². The molecule has 0 radical (unpaired) electrons. The van der Waals surface area contributed by atoms with Gasteiger partial charge >= 0.3 is 0 Å². The van der Waals surface area contributed by atoms with Gasteiger partial charge in [-0.3, -0.25) is 0 Å². The zero-order valence-corrected chi connectivity index (χ0v) is 11.7. The molecule has 0 fully saturated rings. The van der Waals surface area contributed by atoms with Crippen LogP contribution < -0.4 is 5.73 Å². The summed E-state index contributed by atoms with van der Waals surface area (Å²) >= 11 is 1.80. The molecule has 1 nitrogen and oxygen atoms in total. The van der Waals surface area contributed by atoms with E-state index < -0.39 is 0 Å². The van der Waals surface area contributed by atoms with Crippen LogP contribution in [0.15, 0.2) is 29.6 Å². The maximum Gasteiger partial charge on any atom is 0.0346 e. The van der Waals surface area contributed by atoms with E-state index in [1.165, 1.54) is 22.1 Å². The Morgan fingerprint density at radius 2 is 1.94 bits per heavy atom. The Hall–Kier alpha value is -0.860. The molecule has 0 spiro atoms. The van der Waals surface area contributed by atoms with Crippen molar-refractivity contribution in [1.82, 2.24) is 0 Å². The van der Waals surface area contributed by atoms with Crippen molar-refractivity contribution < 1.29 is 0 Å². The Kier molecular flexibility index (Phi) is 3.55. The molecule has 0 amide bonds. The van der Waals surface area contributed by atoms with Crippen LogP contribution in [0.25, 0.3) is 10.1 Å². The SMILES string of the molecule is CC(C)(C)CCC(N)c1csc2ccccc12. The molecule has 2 N–H and O–H groups in total. The summed E-state index contributed by atoms with van der Waals surface area (Å²) in [5.74, 6) is 0. The summed E-state index contributed by atoms with van der Waals surface area (Å²) in [6, 6.07) is 8.70. The topological polar surface area (TPSA) is 26.0 Å². The second kappa shape index (κ2) is 4.79. The van der Waals surface area contributed by atoms with Crippen molar-refractivity contribution in [2.75, 3.05) is 0 Å². The van der Waals surface area contributed by atoms with Crippen LogP contribution in [0.1, 0.15) is 45.2 Å². The third-order valence-electron chi connectivity index (χ3n) is 3.12. The first-order valence-corrected chi connectivity index (χ1v) is 7.07. The van der Waals surface area contributed by atoms with Crippen LogP contribution in [0.2, 0.25) is 0 Å². The number of benzene rings is 1. The first-order valence-electron chi connectivity index (χ1n) is 6.19.